The number of aromatic hydroxyl groups is 1. The Bertz CT molecular complexity index is 1150. The molecule has 0 aliphatic heterocycles. The SMILES string of the molecule is Cc1ccc(S(=O)(=O)N(C)C)cc1NC(=O)COC(=O)c1cc(C(C)C)cc(C(C)C)c1O. The number of ether oxygens (including phenoxy) is 1. The highest BCUT2D eigenvalue weighted by Crippen LogP contribution is 2.33. The zero-order valence-electron chi connectivity index (χ0n) is 20.1. The van der Waals surface area contributed by atoms with E-state index in [0.717, 1.165) is 9.87 Å². The predicted molar refractivity (Wildman–Crippen MR) is 127 cm³/mol. The Balaban J connectivity index is 2.19. The molecule has 2 rings (SSSR count). The lowest BCUT2D eigenvalue weighted by Crippen LogP contribution is -2.24. The number of sulfonamides is 1. The van der Waals surface area contributed by atoms with Crippen molar-refractivity contribution in [2.24, 2.45) is 0 Å². The molecule has 2 aromatic carbocycles. The largest absolute Gasteiger partial charge is 0.507 e. The van der Waals surface area contributed by atoms with Gasteiger partial charge in [-0.3, -0.25) is 4.79 Å². The number of phenols is 1. The number of anilines is 1. The number of aryl methyl sites for hydroxylation is 1. The number of hydrogen-bond donors (Lipinski definition) is 2. The van der Waals surface area contributed by atoms with Crippen LogP contribution in [0.3, 0.4) is 0 Å². The van der Waals surface area contributed by atoms with Crippen LogP contribution >= 0.6 is 0 Å². The summed E-state index contributed by atoms with van der Waals surface area (Å²) >= 11 is 0. The van der Waals surface area contributed by atoms with Gasteiger partial charge >= 0.3 is 5.97 Å². The van der Waals surface area contributed by atoms with E-state index in [1.54, 1.807) is 19.1 Å². The Labute approximate surface area is 195 Å². The molecule has 0 saturated heterocycles. The van der Waals surface area contributed by atoms with Gasteiger partial charge in [-0.2, -0.15) is 0 Å². The summed E-state index contributed by atoms with van der Waals surface area (Å²) in [6, 6.07) is 7.84. The van der Waals surface area contributed by atoms with E-state index in [9.17, 15) is 23.1 Å². The minimum Gasteiger partial charge on any atom is -0.507 e. The number of carbonyl (C=O) groups excluding carboxylic acids is 2. The van der Waals surface area contributed by atoms with Crippen LogP contribution in [0.2, 0.25) is 0 Å². The van der Waals surface area contributed by atoms with Gasteiger partial charge in [0.1, 0.15) is 11.3 Å². The maximum absolute atomic E-state index is 12.7. The first-order valence-electron chi connectivity index (χ1n) is 10.6. The molecule has 0 spiro atoms. The van der Waals surface area contributed by atoms with Crippen molar-refractivity contribution in [2.75, 3.05) is 26.0 Å². The van der Waals surface area contributed by atoms with Crippen molar-refractivity contribution in [1.82, 2.24) is 4.31 Å². The van der Waals surface area contributed by atoms with Crippen LogP contribution in [0.4, 0.5) is 5.69 Å². The molecule has 0 bridgehead atoms. The molecule has 2 N–H and O–H groups in total. The molecule has 9 heteroatoms. The fourth-order valence-corrected chi connectivity index (χ4v) is 4.04. The van der Waals surface area contributed by atoms with E-state index in [2.05, 4.69) is 5.32 Å². The Morgan fingerprint density at radius 3 is 2.24 bits per heavy atom. The van der Waals surface area contributed by atoms with E-state index >= 15 is 0 Å². The zero-order valence-corrected chi connectivity index (χ0v) is 20.9. The number of phenolic OH excluding ortho intramolecular Hbond substituents is 1. The molecule has 33 heavy (non-hydrogen) atoms. The fraction of sp³-hybridized carbons (Fsp3) is 0.417. The first-order chi connectivity index (χ1) is 15.2. The van der Waals surface area contributed by atoms with Crippen LogP contribution < -0.4 is 5.32 Å². The van der Waals surface area contributed by atoms with Crippen molar-refractivity contribution in [3.05, 3.63) is 52.6 Å². The standard InChI is InChI=1S/C24H32N2O6S/c1-14(2)17-10-19(15(3)4)23(28)20(11-17)24(29)32-13-22(27)25-21-12-18(9-8-16(21)5)33(30,31)26(6)7/h8-12,14-15,28H,13H2,1-7H3,(H,25,27). The molecule has 8 nitrogen and oxygen atoms in total. The Hall–Kier alpha value is -2.91. The second-order valence-corrected chi connectivity index (χ2v) is 10.9. The first kappa shape index (κ1) is 26.3. The van der Waals surface area contributed by atoms with Crippen LogP contribution in [0, 0.1) is 6.92 Å². The highest BCUT2D eigenvalue weighted by Gasteiger charge is 2.22. The van der Waals surface area contributed by atoms with Gasteiger partial charge in [0.05, 0.1) is 4.90 Å². The van der Waals surface area contributed by atoms with Crippen LogP contribution in [-0.2, 0) is 19.6 Å². The number of nitrogens with zero attached hydrogens (tertiary/aromatic N) is 1. The molecule has 0 fully saturated rings. The molecule has 0 aliphatic rings. The lowest BCUT2D eigenvalue weighted by molar-refractivity contribution is -0.119. The summed E-state index contributed by atoms with van der Waals surface area (Å²) in [7, 11) is -0.836. The third kappa shape index (κ3) is 6.11. The molecule has 0 aliphatic carbocycles. The average molecular weight is 477 g/mol. The number of benzene rings is 2. The molecule has 0 radical (unpaired) electrons. The third-order valence-electron chi connectivity index (χ3n) is 5.27. The first-order valence-corrected chi connectivity index (χ1v) is 12.1. The third-order valence-corrected chi connectivity index (χ3v) is 7.08. The lowest BCUT2D eigenvalue weighted by Gasteiger charge is -2.17. The monoisotopic (exact) mass is 476 g/mol. The summed E-state index contributed by atoms with van der Waals surface area (Å²) < 4.78 is 30.9. The average Bonchev–Trinajstić information content (AvgIpc) is 2.73. The van der Waals surface area contributed by atoms with E-state index in [4.69, 9.17) is 4.74 Å². The number of amides is 1. The van der Waals surface area contributed by atoms with Gasteiger partial charge in [0.25, 0.3) is 5.91 Å². The van der Waals surface area contributed by atoms with E-state index < -0.39 is 28.5 Å². The fourth-order valence-electron chi connectivity index (χ4n) is 3.11. The molecule has 2 aromatic rings. The van der Waals surface area contributed by atoms with Crippen molar-refractivity contribution >= 4 is 27.6 Å². The van der Waals surface area contributed by atoms with Gasteiger partial charge in [-0.15, -0.1) is 0 Å². The highest BCUT2D eigenvalue weighted by molar-refractivity contribution is 7.89. The van der Waals surface area contributed by atoms with Gasteiger partial charge in [0.15, 0.2) is 6.61 Å². The van der Waals surface area contributed by atoms with E-state index in [0.29, 0.717) is 16.8 Å². The molecule has 0 atom stereocenters. The van der Waals surface area contributed by atoms with Crippen molar-refractivity contribution in [3.8, 4) is 5.75 Å². The summed E-state index contributed by atoms with van der Waals surface area (Å²) in [4.78, 5) is 25.1. The molecule has 180 valence electrons. The minimum atomic E-state index is -3.67. The van der Waals surface area contributed by atoms with Crippen molar-refractivity contribution in [3.63, 3.8) is 0 Å². The Morgan fingerprint density at radius 2 is 1.70 bits per heavy atom. The molecule has 0 saturated carbocycles. The van der Waals surface area contributed by atoms with E-state index in [-0.39, 0.29) is 28.0 Å². The number of hydrogen-bond acceptors (Lipinski definition) is 6. The van der Waals surface area contributed by atoms with Crippen molar-refractivity contribution in [2.45, 2.75) is 51.3 Å². The highest BCUT2D eigenvalue weighted by atomic mass is 32.2. The number of carbonyl (C=O) groups is 2. The maximum atomic E-state index is 12.7. The smallest absolute Gasteiger partial charge is 0.342 e. The normalized spacial score (nSPS) is 11.8. The van der Waals surface area contributed by atoms with Crippen LogP contribution in [0.5, 0.6) is 5.75 Å². The lowest BCUT2D eigenvalue weighted by atomic mass is 9.92. The van der Waals surface area contributed by atoms with E-state index in [1.165, 1.54) is 26.2 Å². The molecule has 0 heterocycles. The van der Waals surface area contributed by atoms with Crippen LogP contribution in [0.25, 0.3) is 0 Å². The Morgan fingerprint density at radius 1 is 1.06 bits per heavy atom. The molecular weight excluding hydrogens is 444 g/mol. The van der Waals surface area contributed by atoms with Crippen LogP contribution in [0.15, 0.2) is 35.2 Å². The van der Waals surface area contributed by atoms with Crippen molar-refractivity contribution in [1.29, 1.82) is 0 Å². The molecule has 1 amide bonds. The van der Waals surface area contributed by atoms with Gasteiger partial charge < -0.3 is 15.2 Å². The minimum absolute atomic E-state index is 0.00718. The van der Waals surface area contributed by atoms with Gasteiger partial charge in [-0.1, -0.05) is 39.8 Å². The quantitative estimate of drug-likeness (QED) is 0.557. The van der Waals surface area contributed by atoms with Gasteiger partial charge in [0, 0.05) is 19.8 Å². The summed E-state index contributed by atoms with van der Waals surface area (Å²) in [6.07, 6.45) is 0. The topological polar surface area (TPSA) is 113 Å². The predicted octanol–water partition coefficient (Wildman–Crippen LogP) is 3.99. The second kappa shape index (κ2) is 10.4. The zero-order chi connectivity index (χ0) is 25.1. The van der Waals surface area contributed by atoms with Crippen molar-refractivity contribution < 1.29 is 27.9 Å². The second-order valence-electron chi connectivity index (χ2n) is 8.70. The number of rotatable bonds is 8. The van der Waals surface area contributed by atoms with Crippen LogP contribution in [-0.4, -0.2) is 50.4 Å². The summed E-state index contributed by atoms with van der Waals surface area (Å²) in [5.74, 6) is -1.47. The number of nitrogens with one attached hydrogen (secondary N) is 1. The Kier molecular flexibility index (Phi) is 8.26. The van der Waals surface area contributed by atoms with Gasteiger partial charge in [-0.05, 0) is 53.6 Å². The van der Waals surface area contributed by atoms with Gasteiger partial charge in [0.2, 0.25) is 10.0 Å². The summed E-state index contributed by atoms with van der Waals surface area (Å²) in [5.41, 5.74) is 2.46. The summed E-state index contributed by atoms with van der Waals surface area (Å²) in [6.45, 7) is 8.91. The summed E-state index contributed by atoms with van der Waals surface area (Å²) in [5, 5.41) is 13.1. The van der Waals surface area contributed by atoms with Crippen LogP contribution in [0.1, 0.15) is 66.6 Å². The molecule has 0 aromatic heterocycles. The van der Waals surface area contributed by atoms with E-state index in [1.807, 2.05) is 33.8 Å². The van der Waals surface area contributed by atoms with Gasteiger partial charge in [-0.25, -0.2) is 17.5 Å². The molecule has 0 unspecified atom stereocenters. The maximum Gasteiger partial charge on any atom is 0.342 e. The molecular formula is C24H32N2O6S. The number of esters is 1.